The Hall–Kier alpha value is -4.38. The van der Waals surface area contributed by atoms with E-state index in [1.54, 1.807) is 42.5 Å². The number of methoxy groups -OCH3 is 1. The summed E-state index contributed by atoms with van der Waals surface area (Å²) in [5.41, 5.74) is 4.54. The summed E-state index contributed by atoms with van der Waals surface area (Å²) in [6.45, 7) is 0. The predicted octanol–water partition coefficient (Wildman–Crippen LogP) is 5.49. The van der Waals surface area contributed by atoms with Gasteiger partial charge < -0.3 is 15.2 Å². The topological polar surface area (TPSA) is 75.6 Å². The van der Waals surface area contributed by atoms with Gasteiger partial charge in [-0.1, -0.05) is 78.9 Å². The molecule has 0 bridgehead atoms. The third-order valence-corrected chi connectivity index (χ3v) is 5.62. The molecule has 34 heavy (non-hydrogen) atoms. The molecule has 170 valence electrons. The summed E-state index contributed by atoms with van der Waals surface area (Å²) in [6, 6.07) is 30.5. The number of hydrogen-bond acceptors (Lipinski definition) is 5. The summed E-state index contributed by atoms with van der Waals surface area (Å²) in [5, 5.41) is 12.7. The van der Waals surface area contributed by atoms with E-state index in [4.69, 9.17) is 4.74 Å². The van der Waals surface area contributed by atoms with Gasteiger partial charge in [0.15, 0.2) is 5.78 Å². The first-order valence-electron chi connectivity index (χ1n) is 11.0. The van der Waals surface area contributed by atoms with E-state index >= 15 is 0 Å². The van der Waals surface area contributed by atoms with E-state index in [0.29, 0.717) is 23.2 Å². The Balaban J connectivity index is 1.58. The fraction of sp³-hybridized carbons (Fsp3) is 0.103. The van der Waals surface area contributed by atoms with E-state index in [0.717, 1.165) is 16.7 Å². The van der Waals surface area contributed by atoms with Crippen LogP contribution in [-0.2, 0) is 16.0 Å². The second-order valence-electron chi connectivity index (χ2n) is 7.91. The van der Waals surface area contributed by atoms with E-state index in [1.165, 1.54) is 7.11 Å². The smallest absolute Gasteiger partial charge is 0.328 e. The molecule has 0 radical (unpaired) electrons. The molecule has 0 amide bonds. The van der Waals surface area contributed by atoms with Crippen LogP contribution in [0.4, 0.5) is 5.69 Å². The maximum atomic E-state index is 13.3. The monoisotopic (exact) mass is 451 g/mol. The zero-order valence-corrected chi connectivity index (χ0v) is 18.8. The van der Waals surface area contributed by atoms with Crippen molar-refractivity contribution in [2.24, 2.45) is 0 Å². The largest absolute Gasteiger partial charge is 0.508 e. The van der Waals surface area contributed by atoms with Crippen molar-refractivity contribution in [2.75, 3.05) is 12.4 Å². The van der Waals surface area contributed by atoms with E-state index in [-0.39, 0.29) is 11.5 Å². The number of nitrogens with one attached hydrogen (secondary N) is 1. The molecular weight excluding hydrogens is 426 g/mol. The van der Waals surface area contributed by atoms with Crippen molar-refractivity contribution in [2.45, 2.75) is 12.5 Å². The Morgan fingerprint density at radius 1 is 0.794 bits per heavy atom. The van der Waals surface area contributed by atoms with Crippen LogP contribution < -0.4 is 5.32 Å². The number of esters is 1. The van der Waals surface area contributed by atoms with Crippen LogP contribution >= 0.6 is 0 Å². The van der Waals surface area contributed by atoms with Gasteiger partial charge in [-0.2, -0.15) is 0 Å². The molecule has 5 nitrogen and oxygen atoms in total. The standard InChI is InChI=1S/C29H25NO4/c1-34-29(33)27(19-20-11-17-24(31)18-12-20)30-26-10-6-5-9-25(26)28(32)23-15-13-22(14-16-23)21-7-3-2-4-8-21/h2-18,27,30-31H,19H2,1H3. The normalized spacial score (nSPS) is 11.4. The quantitative estimate of drug-likeness (QED) is 0.274. The molecule has 0 aliphatic rings. The first-order chi connectivity index (χ1) is 16.5. The molecule has 0 saturated heterocycles. The summed E-state index contributed by atoms with van der Waals surface area (Å²) in [7, 11) is 1.33. The molecular formula is C29H25NO4. The van der Waals surface area contributed by atoms with Gasteiger partial charge in [0.2, 0.25) is 0 Å². The van der Waals surface area contributed by atoms with Gasteiger partial charge in [-0.15, -0.1) is 0 Å². The number of carbonyl (C=O) groups excluding carboxylic acids is 2. The molecule has 5 heteroatoms. The number of ketones is 1. The molecule has 0 aliphatic carbocycles. The van der Waals surface area contributed by atoms with Gasteiger partial charge in [0, 0.05) is 23.2 Å². The number of hydrogen-bond donors (Lipinski definition) is 2. The van der Waals surface area contributed by atoms with Crippen LogP contribution in [-0.4, -0.2) is 30.0 Å². The maximum absolute atomic E-state index is 13.3. The lowest BCUT2D eigenvalue weighted by Gasteiger charge is -2.20. The second kappa shape index (κ2) is 10.5. The van der Waals surface area contributed by atoms with Crippen LogP contribution in [0, 0.1) is 0 Å². The highest BCUT2D eigenvalue weighted by Crippen LogP contribution is 2.24. The Bertz CT molecular complexity index is 1270. The van der Waals surface area contributed by atoms with Gasteiger partial charge in [0.05, 0.1) is 7.11 Å². The first kappa shape index (κ1) is 22.8. The van der Waals surface area contributed by atoms with Crippen LogP contribution in [0.1, 0.15) is 21.5 Å². The van der Waals surface area contributed by atoms with Gasteiger partial charge in [0.1, 0.15) is 11.8 Å². The minimum atomic E-state index is -0.705. The van der Waals surface area contributed by atoms with Crippen molar-refractivity contribution >= 4 is 17.4 Å². The fourth-order valence-electron chi connectivity index (χ4n) is 3.80. The van der Waals surface area contributed by atoms with Gasteiger partial charge >= 0.3 is 5.97 Å². The minimum absolute atomic E-state index is 0.143. The summed E-state index contributed by atoms with van der Waals surface area (Å²) < 4.78 is 4.98. The number of ether oxygens (including phenoxy) is 1. The summed E-state index contributed by atoms with van der Waals surface area (Å²) in [4.78, 5) is 25.8. The Kier molecular flexibility index (Phi) is 7.04. The number of carbonyl (C=O) groups is 2. The maximum Gasteiger partial charge on any atom is 0.328 e. The van der Waals surface area contributed by atoms with Gasteiger partial charge in [-0.05, 0) is 41.0 Å². The Morgan fingerprint density at radius 3 is 2.09 bits per heavy atom. The molecule has 0 fully saturated rings. The van der Waals surface area contributed by atoms with E-state index in [1.807, 2.05) is 60.7 Å². The lowest BCUT2D eigenvalue weighted by molar-refractivity contribution is -0.141. The molecule has 0 heterocycles. The van der Waals surface area contributed by atoms with Crippen molar-refractivity contribution in [1.82, 2.24) is 0 Å². The number of phenolic OH excluding ortho intramolecular Hbond substituents is 1. The van der Waals surface area contributed by atoms with E-state index in [2.05, 4.69) is 5.32 Å². The number of rotatable bonds is 8. The van der Waals surface area contributed by atoms with Crippen LogP contribution in [0.3, 0.4) is 0 Å². The van der Waals surface area contributed by atoms with Crippen molar-refractivity contribution in [3.05, 3.63) is 120 Å². The van der Waals surface area contributed by atoms with Gasteiger partial charge in [0.25, 0.3) is 0 Å². The van der Waals surface area contributed by atoms with Crippen molar-refractivity contribution in [3.8, 4) is 16.9 Å². The van der Waals surface area contributed by atoms with Gasteiger partial charge in [-0.3, -0.25) is 4.79 Å². The molecule has 0 spiro atoms. The fourth-order valence-corrected chi connectivity index (χ4v) is 3.80. The van der Waals surface area contributed by atoms with Crippen molar-refractivity contribution in [3.63, 3.8) is 0 Å². The molecule has 0 aliphatic heterocycles. The lowest BCUT2D eigenvalue weighted by atomic mass is 9.98. The molecule has 4 aromatic carbocycles. The zero-order chi connectivity index (χ0) is 23.9. The lowest BCUT2D eigenvalue weighted by Crippen LogP contribution is -2.33. The van der Waals surface area contributed by atoms with E-state index < -0.39 is 12.0 Å². The van der Waals surface area contributed by atoms with Crippen LogP contribution in [0.25, 0.3) is 11.1 Å². The summed E-state index contributed by atoms with van der Waals surface area (Å²) >= 11 is 0. The molecule has 1 atom stereocenters. The molecule has 4 rings (SSSR count). The van der Waals surface area contributed by atoms with Crippen molar-refractivity contribution in [1.29, 1.82) is 0 Å². The predicted molar refractivity (Wildman–Crippen MR) is 133 cm³/mol. The van der Waals surface area contributed by atoms with Crippen molar-refractivity contribution < 1.29 is 19.4 Å². The van der Waals surface area contributed by atoms with E-state index in [9.17, 15) is 14.7 Å². The average molecular weight is 452 g/mol. The zero-order valence-electron chi connectivity index (χ0n) is 18.8. The third-order valence-electron chi connectivity index (χ3n) is 5.62. The minimum Gasteiger partial charge on any atom is -0.508 e. The number of aromatic hydroxyl groups is 1. The molecule has 2 N–H and O–H groups in total. The highest BCUT2D eigenvalue weighted by Gasteiger charge is 2.22. The number of phenols is 1. The summed E-state index contributed by atoms with van der Waals surface area (Å²) in [6.07, 6.45) is 0.335. The number of anilines is 1. The van der Waals surface area contributed by atoms with Gasteiger partial charge in [-0.25, -0.2) is 4.79 Å². The number of benzene rings is 4. The molecule has 1 unspecified atom stereocenters. The highest BCUT2D eigenvalue weighted by molar-refractivity contribution is 6.12. The first-order valence-corrected chi connectivity index (χ1v) is 11.0. The second-order valence-corrected chi connectivity index (χ2v) is 7.91. The Labute approximate surface area is 198 Å². The van der Waals surface area contributed by atoms with Crippen LogP contribution in [0.5, 0.6) is 5.75 Å². The Morgan fingerprint density at radius 2 is 1.41 bits per heavy atom. The highest BCUT2D eigenvalue weighted by atomic mass is 16.5. The summed E-state index contributed by atoms with van der Waals surface area (Å²) in [5.74, 6) is -0.431. The molecule has 0 aromatic heterocycles. The van der Waals surface area contributed by atoms with Crippen LogP contribution in [0.15, 0.2) is 103 Å². The number of para-hydroxylation sites is 1. The molecule has 0 saturated carbocycles. The SMILES string of the molecule is COC(=O)C(Cc1ccc(O)cc1)Nc1ccccc1C(=O)c1ccc(-c2ccccc2)cc1. The average Bonchev–Trinajstić information content (AvgIpc) is 2.89. The van der Waals surface area contributed by atoms with Crippen LogP contribution in [0.2, 0.25) is 0 Å². The molecule has 4 aromatic rings. The third kappa shape index (κ3) is 5.33.